The molecule has 1 aliphatic heterocycles. The van der Waals surface area contributed by atoms with Gasteiger partial charge in [-0.25, -0.2) is 4.39 Å². The van der Waals surface area contributed by atoms with Gasteiger partial charge in [0.05, 0.1) is 5.56 Å². The number of Topliss-reactive ketones (excluding diaryl/α,β-unsaturated/α-hetero) is 1. The molecule has 0 bridgehead atoms. The van der Waals surface area contributed by atoms with Gasteiger partial charge in [0.25, 0.3) is 0 Å². The van der Waals surface area contributed by atoms with Crippen LogP contribution < -0.4 is 0 Å². The average Bonchev–Trinajstić information content (AvgIpc) is 2.54. The molecule has 0 saturated carbocycles. The van der Waals surface area contributed by atoms with E-state index in [-0.39, 0.29) is 17.3 Å². The number of rotatable bonds is 2. The standard InChI is InChI=1S/C14H18FNO/c1-16-9-4-5-11(8-10-16)14(17)12-6-2-3-7-13(12)15/h2-3,6-7,11H,4-5,8-10H2,1H3. The minimum Gasteiger partial charge on any atom is -0.306 e. The number of hydrogen-bond acceptors (Lipinski definition) is 2. The van der Waals surface area contributed by atoms with Gasteiger partial charge in [-0.15, -0.1) is 0 Å². The van der Waals surface area contributed by atoms with Crippen molar-refractivity contribution in [1.29, 1.82) is 0 Å². The highest BCUT2D eigenvalue weighted by Gasteiger charge is 2.24. The summed E-state index contributed by atoms with van der Waals surface area (Å²) in [5.41, 5.74) is 0.252. The molecule has 0 N–H and O–H groups in total. The van der Waals surface area contributed by atoms with Crippen LogP contribution in [0.15, 0.2) is 24.3 Å². The predicted octanol–water partition coefficient (Wildman–Crippen LogP) is 2.74. The van der Waals surface area contributed by atoms with Gasteiger partial charge < -0.3 is 4.90 Å². The van der Waals surface area contributed by atoms with E-state index in [0.717, 1.165) is 32.4 Å². The maximum atomic E-state index is 13.5. The topological polar surface area (TPSA) is 20.3 Å². The zero-order valence-electron chi connectivity index (χ0n) is 10.2. The van der Waals surface area contributed by atoms with Gasteiger partial charge in [-0.3, -0.25) is 4.79 Å². The number of nitrogens with zero attached hydrogens (tertiary/aromatic N) is 1. The van der Waals surface area contributed by atoms with E-state index in [1.165, 1.54) is 6.07 Å². The van der Waals surface area contributed by atoms with Gasteiger partial charge in [0.1, 0.15) is 5.82 Å². The Kier molecular flexibility index (Phi) is 3.89. The second kappa shape index (κ2) is 5.41. The fourth-order valence-electron chi connectivity index (χ4n) is 2.38. The Morgan fingerprint density at radius 1 is 1.29 bits per heavy atom. The maximum absolute atomic E-state index is 13.5. The third kappa shape index (κ3) is 2.91. The van der Waals surface area contributed by atoms with Crippen LogP contribution in [-0.4, -0.2) is 30.8 Å². The highest BCUT2D eigenvalue weighted by Crippen LogP contribution is 2.22. The third-order valence-corrected chi connectivity index (χ3v) is 3.46. The number of hydrogen-bond donors (Lipinski definition) is 0. The first kappa shape index (κ1) is 12.2. The quantitative estimate of drug-likeness (QED) is 0.735. The van der Waals surface area contributed by atoms with Gasteiger partial charge in [-0.2, -0.15) is 0 Å². The zero-order chi connectivity index (χ0) is 12.3. The normalized spacial score (nSPS) is 22.1. The van der Waals surface area contributed by atoms with Crippen LogP contribution in [0.1, 0.15) is 29.6 Å². The van der Waals surface area contributed by atoms with Crippen molar-refractivity contribution in [1.82, 2.24) is 4.90 Å². The highest BCUT2D eigenvalue weighted by molar-refractivity contribution is 5.98. The summed E-state index contributed by atoms with van der Waals surface area (Å²) in [7, 11) is 2.07. The van der Waals surface area contributed by atoms with Crippen molar-refractivity contribution >= 4 is 5.78 Å². The summed E-state index contributed by atoms with van der Waals surface area (Å²) in [6, 6.07) is 6.29. The molecule has 1 heterocycles. The zero-order valence-corrected chi connectivity index (χ0v) is 10.2. The van der Waals surface area contributed by atoms with E-state index < -0.39 is 5.82 Å². The van der Waals surface area contributed by atoms with E-state index in [2.05, 4.69) is 11.9 Å². The summed E-state index contributed by atoms with van der Waals surface area (Å²) >= 11 is 0. The SMILES string of the molecule is CN1CCCC(C(=O)c2ccccc2F)CC1. The summed E-state index contributed by atoms with van der Waals surface area (Å²) in [6.07, 6.45) is 2.72. The minimum absolute atomic E-state index is 0.0168. The van der Waals surface area contributed by atoms with Crippen LogP contribution in [0.5, 0.6) is 0 Å². The van der Waals surface area contributed by atoms with Crippen LogP contribution in [0.2, 0.25) is 0 Å². The molecule has 2 rings (SSSR count). The van der Waals surface area contributed by atoms with Crippen molar-refractivity contribution in [2.24, 2.45) is 5.92 Å². The lowest BCUT2D eigenvalue weighted by molar-refractivity contribution is 0.0904. The third-order valence-electron chi connectivity index (χ3n) is 3.46. The number of benzene rings is 1. The molecular formula is C14H18FNO. The van der Waals surface area contributed by atoms with E-state index >= 15 is 0 Å². The Bertz CT molecular complexity index is 405. The monoisotopic (exact) mass is 235 g/mol. The molecule has 1 unspecified atom stereocenters. The number of ketones is 1. The fraction of sp³-hybridized carbons (Fsp3) is 0.500. The molecule has 0 spiro atoms. The van der Waals surface area contributed by atoms with E-state index in [4.69, 9.17) is 0 Å². The molecule has 2 nitrogen and oxygen atoms in total. The first-order valence-corrected chi connectivity index (χ1v) is 6.16. The van der Waals surface area contributed by atoms with Gasteiger partial charge >= 0.3 is 0 Å². The second-order valence-electron chi connectivity index (χ2n) is 4.78. The molecule has 0 radical (unpaired) electrons. The van der Waals surface area contributed by atoms with Crippen LogP contribution >= 0.6 is 0 Å². The summed E-state index contributed by atoms with van der Waals surface area (Å²) < 4.78 is 13.5. The van der Waals surface area contributed by atoms with E-state index in [9.17, 15) is 9.18 Å². The minimum atomic E-state index is -0.393. The first-order chi connectivity index (χ1) is 8.18. The molecule has 3 heteroatoms. The number of carbonyl (C=O) groups is 1. The largest absolute Gasteiger partial charge is 0.306 e. The van der Waals surface area contributed by atoms with Crippen molar-refractivity contribution in [2.45, 2.75) is 19.3 Å². The number of carbonyl (C=O) groups excluding carboxylic acids is 1. The van der Waals surface area contributed by atoms with Crippen LogP contribution in [0.3, 0.4) is 0 Å². The van der Waals surface area contributed by atoms with Crippen molar-refractivity contribution in [3.63, 3.8) is 0 Å². The molecule has 0 aromatic heterocycles. The van der Waals surface area contributed by atoms with E-state index in [1.54, 1.807) is 18.2 Å². The molecule has 1 atom stereocenters. The van der Waals surface area contributed by atoms with Crippen LogP contribution in [-0.2, 0) is 0 Å². The molecule has 0 aliphatic carbocycles. The molecule has 1 saturated heterocycles. The van der Waals surface area contributed by atoms with E-state index in [1.807, 2.05) is 0 Å². The molecule has 1 aromatic rings. The van der Waals surface area contributed by atoms with Gasteiger partial charge in [0.2, 0.25) is 0 Å². The van der Waals surface area contributed by atoms with Crippen molar-refractivity contribution in [3.05, 3.63) is 35.6 Å². The molecule has 17 heavy (non-hydrogen) atoms. The van der Waals surface area contributed by atoms with E-state index in [0.29, 0.717) is 0 Å². The molecule has 0 amide bonds. The van der Waals surface area contributed by atoms with Gasteiger partial charge in [-0.05, 0) is 51.5 Å². The summed E-state index contributed by atoms with van der Waals surface area (Å²) in [6.45, 7) is 1.95. The Hall–Kier alpha value is -1.22. The Labute approximate surface area is 101 Å². The molecule has 1 aliphatic rings. The van der Waals surface area contributed by atoms with Gasteiger partial charge in [-0.1, -0.05) is 12.1 Å². The number of halogens is 1. The Balaban J connectivity index is 2.12. The van der Waals surface area contributed by atoms with Crippen molar-refractivity contribution in [3.8, 4) is 0 Å². The molecular weight excluding hydrogens is 217 g/mol. The van der Waals surface area contributed by atoms with Gasteiger partial charge in [0, 0.05) is 5.92 Å². The maximum Gasteiger partial charge on any atom is 0.168 e. The summed E-state index contributed by atoms with van der Waals surface area (Å²) in [5.74, 6) is -0.439. The molecule has 1 aromatic carbocycles. The average molecular weight is 235 g/mol. The molecule has 1 fully saturated rings. The Morgan fingerprint density at radius 3 is 2.82 bits per heavy atom. The molecule has 92 valence electrons. The Morgan fingerprint density at radius 2 is 2.06 bits per heavy atom. The lowest BCUT2D eigenvalue weighted by Crippen LogP contribution is -2.21. The van der Waals surface area contributed by atoms with Crippen molar-refractivity contribution in [2.75, 3.05) is 20.1 Å². The van der Waals surface area contributed by atoms with Crippen molar-refractivity contribution < 1.29 is 9.18 Å². The highest BCUT2D eigenvalue weighted by atomic mass is 19.1. The fourth-order valence-corrected chi connectivity index (χ4v) is 2.38. The van der Waals surface area contributed by atoms with Crippen LogP contribution in [0.4, 0.5) is 4.39 Å². The smallest absolute Gasteiger partial charge is 0.168 e. The first-order valence-electron chi connectivity index (χ1n) is 6.16. The predicted molar refractivity (Wildman–Crippen MR) is 65.6 cm³/mol. The lowest BCUT2D eigenvalue weighted by Gasteiger charge is -2.14. The second-order valence-corrected chi connectivity index (χ2v) is 4.78. The van der Waals surface area contributed by atoms with Crippen LogP contribution in [0, 0.1) is 11.7 Å². The number of likely N-dealkylation sites (tertiary alicyclic amines) is 1. The van der Waals surface area contributed by atoms with Gasteiger partial charge in [0.15, 0.2) is 5.78 Å². The van der Waals surface area contributed by atoms with Crippen LogP contribution in [0.25, 0.3) is 0 Å². The summed E-state index contributed by atoms with van der Waals surface area (Å²) in [5, 5.41) is 0. The lowest BCUT2D eigenvalue weighted by atomic mass is 9.91. The summed E-state index contributed by atoms with van der Waals surface area (Å²) in [4.78, 5) is 14.5.